The van der Waals surface area contributed by atoms with Gasteiger partial charge in [-0.3, -0.25) is 0 Å². The Morgan fingerprint density at radius 2 is 1.47 bits per heavy atom. The van der Waals surface area contributed by atoms with Crippen LogP contribution in [0.2, 0.25) is 0 Å². The zero-order valence-corrected chi connectivity index (χ0v) is 11.1. The zero-order valence-electron chi connectivity index (χ0n) is 8.64. The van der Waals surface area contributed by atoms with Gasteiger partial charge in [-0.05, 0) is 0 Å². The molecule has 0 fully saturated rings. The summed E-state index contributed by atoms with van der Waals surface area (Å²) in [6.45, 7) is 0. The van der Waals surface area contributed by atoms with Crippen molar-refractivity contribution in [3.05, 3.63) is 47.5 Å². The van der Waals surface area contributed by atoms with Crippen LogP contribution in [0.1, 0.15) is 20.7 Å². The van der Waals surface area contributed by atoms with Crippen molar-refractivity contribution >= 4 is 22.6 Å². The molecule has 0 unspecified atom stereocenters. The van der Waals surface area contributed by atoms with Gasteiger partial charge in [0.05, 0.1) is 0 Å². The van der Waals surface area contributed by atoms with E-state index in [0.29, 0.717) is 41.7 Å². The third-order valence-electron chi connectivity index (χ3n) is 2.83. The van der Waals surface area contributed by atoms with Crippen LogP contribution in [0.4, 0.5) is 0 Å². The first-order valence-electron chi connectivity index (χ1n) is 4.98. The summed E-state index contributed by atoms with van der Waals surface area (Å²) >= 11 is 0.654. The second-order valence-electron chi connectivity index (χ2n) is 3.71. The van der Waals surface area contributed by atoms with E-state index in [1.165, 1.54) is 0 Å². The Balaban J connectivity index is 2.43. The van der Waals surface area contributed by atoms with E-state index < -0.39 is 11.8 Å². The quantitative estimate of drug-likeness (QED) is 0.755. The fraction of sp³-hybridized carbons (Fsp3) is 0. The van der Waals surface area contributed by atoms with Crippen LogP contribution in [0.5, 0.6) is 0 Å². The molecule has 1 heterocycles. The van der Waals surface area contributed by atoms with Crippen LogP contribution >= 0.6 is 0 Å². The third kappa shape index (κ3) is 1.43. The number of hydrogen-bond acceptors (Lipinski definition) is 3. The van der Waals surface area contributed by atoms with Crippen molar-refractivity contribution in [2.24, 2.45) is 0 Å². The molecule has 0 N–H and O–H groups in total. The van der Waals surface area contributed by atoms with Crippen molar-refractivity contribution in [2.45, 2.75) is 0 Å². The molecule has 0 bridgehead atoms. The van der Waals surface area contributed by atoms with Gasteiger partial charge in [0.2, 0.25) is 0 Å². The maximum atomic E-state index is 12.0. The van der Waals surface area contributed by atoms with E-state index in [4.69, 9.17) is 2.91 Å². The van der Waals surface area contributed by atoms with Crippen molar-refractivity contribution in [1.29, 1.82) is 0 Å². The van der Waals surface area contributed by atoms with Gasteiger partial charge < -0.3 is 0 Å². The molecule has 4 nitrogen and oxygen atoms in total. The molecule has 0 radical (unpaired) electrons. The molecule has 5 heteroatoms. The summed E-state index contributed by atoms with van der Waals surface area (Å²) < 4.78 is 4.93. The van der Waals surface area contributed by atoms with E-state index in [0.717, 1.165) is 10.4 Å². The topological polar surface area (TPSA) is 46.6 Å². The number of imide groups is 1. The standard InChI is InChI=1S/C12H6NO3.Zr/c14-11-8-5-1-3-7-4-2-6-9(10(7)8)12(15)13(11)16;/h1-6H;/q-1;+1. The van der Waals surface area contributed by atoms with Gasteiger partial charge in [0.1, 0.15) is 0 Å². The number of carbonyl (C=O) groups is 2. The fourth-order valence-electron chi connectivity index (χ4n) is 2.09. The van der Waals surface area contributed by atoms with Crippen molar-refractivity contribution < 1.29 is 37.7 Å². The molecule has 1 aliphatic heterocycles. The van der Waals surface area contributed by atoms with Gasteiger partial charge in [0, 0.05) is 0 Å². The second-order valence-corrected chi connectivity index (χ2v) is 4.15. The summed E-state index contributed by atoms with van der Waals surface area (Å²) in [6.07, 6.45) is 0. The Kier molecular flexibility index (Phi) is 2.46. The monoisotopic (exact) mass is 302 g/mol. The fourth-order valence-corrected chi connectivity index (χ4v) is 2.50. The molecule has 2 aromatic rings. The molecule has 0 atom stereocenters. The van der Waals surface area contributed by atoms with E-state index in [2.05, 4.69) is 0 Å². The molecular weight excluding hydrogens is 297 g/mol. The molecular formula is C12H6NO3Zr. The molecule has 2 amide bonds. The molecule has 1 aliphatic rings. The van der Waals surface area contributed by atoms with Gasteiger partial charge in [0.25, 0.3) is 0 Å². The number of nitrogens with zero attached hydrogens (tertiary/aromatic N) is 1. The van der Waals surface area contributed by atoms with E-state index in [-0.39, 0.29) is 0 Å². The van der Waals surface area contributed by atoms with Crippen LogP contribution in [0.25, 0.3) is 10.8 Å². The maximum absolute atomic E-state index is 12.0. The number of rotatable bonds is 1. The Morgan fingerprint density at radius 3 is 1.94 bits per heavy atom. The normalized spacial score (nSPS) is 14.4. The Labute approximate surface area is 113 Å². The number of amides is 2. The Bertz CT molecular complexity index is 602. The van der Waals surface area contributed by atoms with Crippen LogP contribution in [-0.4, -0.2) is 16.9 Å². The Morgan fingerprint density at radius 1 is 0.941 bits per heavy atom. The molecule has 0 saturated carbocycles. The van der Waals surface area contributed by atoms with Crippen LogP contribution in [0.3, 0.4) is 0 Å². The van der Waals surface area contributed by atoms with Gasteiger partial charge >= 0.3 is 113 Å². The summed E-state index contributed by atoms with van der Waals surface area (Å²) in [5, 5.41) is 2.44. The predicted molar refractivity (Wildman–Crippen MR) is 55.5 cm³/mol. The number of hydroxylamine groups is 2. The molecule has 3 rings (SSSR count). The predicted octanol–water partition coefficient (Wildman–Crippen LogP) is 1.83. The first-order valence-corrected chi connectivity index (χ1v) is 5.98. The average molecular weight is 303 g/mol. The first kappa shape index (κ1) is 10.8. The van der Waals surface area contributed by atoms with Crippen LogP contribution in [-0.2, 0) is 28.1 Å². The first-order chi connectivity index (χ1) is 8.24. The van der Waals surface area contributed by atoms with Crippen LogP contribution in [0.15, 0.2) is 36.4 Å². The van der Waals surface area contributed by atoms with Crippen molar-refractivity contribution in [3.63, 3.8) is 0 Å². The van der Waals surface area contributed by atoms with Gasteiger partial charge in [-0.25, -0.2) is 0 Å². The van der Waals surface area contributed by atoms with Crippen LogP contribution in [0, 0.1) is 0 Å². The van der Waals surface area contributed by atoms with E-state index in [1.54, 1.807) is 24.3 Å². The third-order valence-corrected chi connectivity index (χ3v) is 3.27. The van der Waals surface area contributed by atoms with E-state index >= 15 is 0 Å². The van der Waals surface area contributed by atoms with Gasteiger partial charge in [-0.15, -0.1) is 0 Å². The summed E-state index contributed by atoms with van der Waals surface area (Å²) in [4.78, 5) is 24.1. The van der Waals surface area contributed by atoms with Gasteiger partial charge in [0.15, 0.2) is 0 Å². The molecule has 0 spiro atoms. The average Bonchev–Trinajstić information content (AvgIpc) is 2.36. The SMILES string of the molecule is O=C1c2cccc3cccc(c23)C(=O)N1[O][Zr]. The van der Waals surface area contributed by atoms with E-state index in [9.17, 15) is 9.59 Å². The summed E-state index contributed by atoms with van der Waals surface area (Å²) in [6, 6.07) is 10.8. The zero-order chi connectivity index (χ0) is 12.0. The molecule has 0 saturated heterocycles. The molecule has 0 aliphatic carbocycles. The molecule has 2 aromatic carbocycles. The molecule has 17 heavy (non-hydrogen) atoms. The minimum absolute atomic E-state index is 0.392. The number of hydrogen-bond donors (Lipinski definition) is 0. The van der Waals surface area contributed by atoms with Gasteiger partial charge in [-0.2, -0.15) is 0 Å². The van der Waals surface area contributed by atoms with Crippen molar-refractivity contribution in [2.75, 3.05) is 0 Å². The minimum atomic E-state index is -0.392. The molecule has 81 valence electrons. The number of carbonyl (C=O) groups excluding carboxylic acids is 2. The Hall–Kier alpha value is -1.32. The van der Waals surface area contributed by atoms with Crippen molar-refractivity contribution in [1.82, 2.24) is 5.06 Å². The molecule has 0 aromatic heterocycles. The van der Waals surface area contributed by atoms with Crippen LogP contribution < -0.4 is 0 Å². The van der Waals surface area contributed by atoms with Crippen molar-refractivity contribution in [3.8, 4) is 0 Å². The number of benzene rings is 2. The summed E-state index contributed by atoms with van der Waals surface area (Å²) in [5.41, 5.74) is 1.03. The summed E-state index contributed by atoms with van der Waals surface area (Å²) in [5.74, 6) is -0.785. The van der Waals surface area contributed by atoms with E-state index in [1.807, 2.05) is 12.1 Å². The van der Waals surface area contributed by atoms with Gasteiger partial charge in [-0.1, -0.05) is 0 Å². The summed E-state index contributed by atoms with van der Waals surface area (Å²) in [7, 11) is 0. The second kappa shape index (κ2) is 3.86.